The van der Waals surface area contributed by atoms with Gasteiger partial charge in [0.05, 0.1) is 0 Å². The summed E-state index contributed by atoms with van der Waals surface area (Å²) in [5.74, 6) is -3.58. The van der Waals surface area contributed by atoms with Crippen LogP contribution in [0.15, 0.2) is 256 Å². The first-order valence-corrected chi connectivity index (χ1v) is 42.8. The van der Waals surface area contributed by atoms with Crippen molar-refractivity contribution >= 4 is 0 Å². The third-order valence-corrected chi connectivity index (χ3v) is 23.1. The van der Waals surface area contributed by atoms with E-state index in [1.54, 1.807) is 38.6 Å². The van der Waals surface area contributed by atoms with Crippen molar-refractivity contribution in [2.75, 3.05) is 0 Å². The first kappa shape index (κ1) is 76.7. The fourth-order valence-electron chi connectivity index (χ4n) is 15.8. The van der Waals surface area contributed by atoms with E-state index in [1.807, 2.05) is 131 Å². The van der Waals surface area contributed by atoms with Crippen LogP contribution in [0.5, 0.6) is 0 Å². The second-order valence-corrected chi connectivity index (χ2v) is 33.0. The molecule has 7 heteroatoms. The number of pyridine rings is 7. The summed E-state index contributed by atoms with van der Waals surface area (Å²) in [6.07, 6.45) is 15.7. The zero-order chi connectivity index (χ0) is 102. The number of rotatable bonds is 14. The molecule has 0 fully saturated rings. The summed E-state index contributed by atoms with van der Waals surface area (Å²) in [6.45, 7) is 34.7. The van der Waals surface area contributed by atoms with E-state index in [0.29, 0.717) is 11.3 Å². The topological polar surface area (TPSA) is 27.2 Å². The van der Waals surface area contributed by atoms with Gasteiger partial charge < -0.3 is 0 Å². The predicted molar refractivity (Wildman–Crippen MR) is 517 cm³/mol. The summed E-state index contributed by atoms with van der Waals surface area (Å²) < 4.78 is 125. The summed E-state index contributed by atoms with van der Waals surface area (Å²) in [5, 5.41) is 0. The van der Waals surface area contributed by atoms with E-state index >= 15 is 0 Å². The van der Waals surface area contributed by atoms with Crippen molar-refractivity contribution in [2.45, 2.75) is 209 Å². The van der Waals surface area contributed by atoms with Crippen molar-refractivity contribution < 1.29 is 51.2 Å². The zero-order valence-electron chi connectivity index (χ0n) is 92.5. The number of hydrogen-bond acceptors (Lipinski definition) is 0. The minimum atomic E-state index is -2.66. The fraction of sp³-hybridized carbons (Fsp3) is 0.330. The number of benzene rings is 7. The van der Waals surface area contributed by atoms with Crippen molar-refractivity contribution in [3.63, 3.8) is 0 Å². The summed E-state index contributed by atoms with van der Waals surface area (Å²) in [4.78, 5) is 0. The van der Waals surface area contributed by atoms with Crippen LogP contribution < -0.4 is 32.0 Å². The molecule has 7 aromatic heterocycles. The van der Waals surface area contributed by atoms with Crippen LogP contribution in [0.1, 0.15) is 223 Å². The molecule has 0 N–H and O–H groups in total. The molecule has 7 heterocycles. The van der Waals surface area contributed by atoms with Gasteiger partial charge in [0.25, 0.3) is 0 Å². The van der Waals surface area contributed by atoms with Crippen LogP contribution in [0.2, 0.25) is 0 Å². The number of nitrogens with zero attached hydrogens (tertiary/aromatic N) is 7. The molecule has 0 saturated heterocycles. The van der Waals surface area contributed by atoms with Crippen LogP contribution in [-0.2, 0) is 75.0 Å². The van der Waals surface area contributed by atoms with Crippen molar-refractivity contribution in [2.24, 2.45) is 49.3 Å². The van der Waals surface area contributed by atoms with Crippen LogP contribution in [0, 0.1) is 96.8 Å². The Labute approximate surface area is 757 Å². The Hall–Kier alpha value is -11.4. The minimum Gasteiger partial charge on any atom is -0.201 e. The van der Waals surface area contributed by atoms with Gasteiger partial charge in [-0.05, 0) is 260 Å². The Morgan fingerprint density at radius 1 is 0.238 bits per heavy atom. The van der Waals surface area contributed by atoms with Crippen LogP contribution >= 0.6 is 0 Å². The Balaban J connectivity index is 0.000000196. The maximum atomic E-state index is 8.40. The van der Waals surface area contributed by atoms with Gasteiger partial charge in [0.15, 0.2) is 43.4 Å². The lowest BCUT2D eigenvalue weighted by Gasteiger charge is -2.11. The quantitative estimate of drug-likeness (QED) is 0.0971. The molecule has 7 nitrogen and oxygen atoms in total. The molecule has 0 aliphatic rings. The van der Waals surface area contributed by atoms with Crippen molar-refractivity contribution in [3.05, 3.63) is 373 Å². The van der Waals surface area contributed by atoms with Crippen molar-refractivity contribution in [3.8, 4) is 78.8 Å². The Kier molecular flexibility index (Phi) is 28.2. The normalized spacial score (nSPS) is 13.5. The van der Waals surface area contributed by atoms with Crippen LogP contribution in [0.25, 0.3) is 78.8 Å². The molecule has 1 atom stereocenters. The van der Waals surface area contributed by atoms with Gasteiger partial charge in [0, 0.05) is 140 Å². The second kappa shape index (κ2) is 44.9. The van der Waals surface area contributed by atoms with Gasteiger partial charge in [-0.2, -0.15) is 0 Å². The summed E-state index contributed by atoms with van der Waals surface area (Å²) in [6, 6.07) is 72.4. The first-order chi connectivity index (χ1) is 63.3. The summed E-state index contributed by atoms with van der Waals surface area (Å²) in [5.41, 5.74) is 37.7. The zero-order valence-corrected chi connectivity index (χ0v) is 78.5. The van der Waals surface area contributed by atoms with E-state index < -0.39 is 44.6 Å². The molecule has 0 aliphatic carbocycles. The molecule has 0 saturated carbocycles. The lowest BCUT2D eigenvalue weighted by Crippen LogP contribution is -2.32. The highest BCUT2D eigenvalue weighted by Crippen LogP contribution is 2.32. The average Bonchev–Trinajstić information content (AvgIpc) is 0.763. The highest BCUT2D eigenvalue weighted by atomic mass is 15.0. The number of hydrogen-bond donors (Lipinski definition) is 0. The molecule has 7 aromatic carbocycles. The highest BCUT2D eigenvalue weighted by molar-refractivity contribution is 5.67. The van der Waals surface area contributed by atoms with Gasteiger partial charge in [-0.3, -0.25) is 0 Å². The molecule has 0 bridgehead atoms. The minimum absolute atomic E-state index is 0.00357. The van der Waals surface area contributed by atoms with Crippen LogP contribution in [-0.4, -0.2) is 0 Å². The van der Waals surface area contributed by atoms with E-state index in [-0.39, 0.29) is 16.7 Å². The van der Waals surface area contributed by atoms with Crippen molar-refractivity contribution in [1.29, 1.82) is 0 Å². The van der Waals surface area contributed by atoms with Gasteiger partial charge in [-0.25, -0.2) is 32.0 Å². The third-order valence-electron chi connectivity index (χ3n) is 23.1. The average molecular weight is 1640 g/mol. The molecule has 14 rings (SSSR count). The Bertz CT molecular complexity index is 6320. The van der Waals surface area contributed by atoms with Crippen LogP contribution in [0.3, 0.4) is 0 Å². The molecule has 1 unspecified atom stereocenters. The standard InChI is InChI=1S/3C17H22N.4C16H20N/c2*1-12(2)16-10-17(18(5)11-14(16)4)15-9-7-6-8-13(15)3;1-12(2)16-11-18(5)17(10-14(16)4)15-9-7-6-8-13(15)3;1-5-14-10-16(17(4)11-13(14)3)15-9-7-6-8-12(15)2;3*1-5-14-11-17(4)16(10-13(14)3)15-9-7-6-8-12(15)2/h3*6-12H,1-5H3;4*6-11H,5H2,1-4H3/q7*+1/i1D3,4D3,12D;4D3,12D;12D;;5D2;;. The Morgan fingerprint density at radius 2 is 0.467 bits per heavy atom. The number of aryl methyl sites for hydroxylation is 25. The van der Waals surface area contributed by atoms with Gasteiger partial charge >= 0.3 is 0 Å². The van der Waals surface area contributed by atoms with Gasteiger partial charge in [-0.1, -0.05) is 197 Å². The summed E-state index contributed by atoms with van der Waals surface area (Å²) in [7, 11) is 14.0. The highest BCUT2D eigenvalue weighted by Gasteiger charge is 2.23. The smallest absolute Gasteiger partial charge is 0.201 e. The van der Waals surface area contributed by atoms with Gasteiger partial charge in [0.2, 0.25) is 39.9 Å². The second-order valence-electron chi connectivity index (χ2n) is 33.0. The predicted octanol–water partition coefficient (Wildman–Crippen LogP) is 25.2. The number of aromatic nitrogens is 7. The van der Waals surface area contributed by atoms with E-state index in [2.05, 4.69) is 294 Å². The molecule has 0 radical (unpaired) electrons. The molecule has 122 heavy (non-hydrogen) atoms. The Morgan fingerprint density at radius 3 is 0.730 bits per heavy atom. The molecule has 0 amide bonds. The van der Waals surface area contributed by atoms with E-state index in [1.165, 1.54) is 137 Å². The largest absolute Gasteiger partial charge is 0.212 e. The molecule has 0 spiro atoms. The van der Waals surface area contributed by atoms with Gasteiger partial charge in [-0.15, -0.1) is 0 Å². The lowest BCUT2D eigenvalue weighted by atomic mass is 9.96. The lowest BCUT2D eigenvalue weighted by molar-refractivity contribution is -0.661. The molecule has 634 valence electrons. The maximum absolute atomic E-state index is 8.40. The van der Waals surface area contributed by atoms with Gasteiger partial charge in [0.1, 0.15) is 49.3 Å². The van der Waals surface area contributed by atoms with Crippen molar-refractivity contribution in [1.82, 2.24) is 0 Å². The van der Waals surface area contributed by atoms with Crippen LogP contribution in [0.4, 0.5) is 0 Å². The third kappa shape index (κ3) is 24.7. The molecule has 14 aromatic rings. The SMILES string of the molecule is CCc1c[n+](C)c(-c2ccccc2C)cc1C.CCc1c[n+](C)c(-c2ccccc2C)cc1C.CCc1cc(-c2ccccc2C)[n+](C)cc1C.[2H]C(C)(C)c1c[n+](C)c(-c2ccccc2C)cc1C.[2H]C([2H])(C)c1c[n+](C)c(-c2ccccc2C)cc1C.[2H]C([2H])([2H])c1c[n+](C)c(-c2ccccc2C)cc1C([2H])(C)C.[2H]C([2H])([2H])c1c[n+](C)c(-c2ccccc2C)cc1C([2H])(C)C([2H])([2H])[2H]. The van der Waals surface area contributed by atoms with E-state index in [4.69, 9.17) is 19.2 Å². The van der Waals surface area contributed by atoms with E-state index in [0.717, 1.165) is 69.6 Å². The first-order valence-electron chi connectivity index (χ1n) is 49.8. The molecular formula is C115H146N7+7. The fourth-order valence-corrected chi connectivity index (χ4v) is 15.8. The molecular weight excluding hydrogens is 1480 g/mol. The van der Waals surface area contributed by atoms with E-state index in [9.17, 15) is 0 Å². The molecule has 0 aliphatic heterocycles. The summed E-state index contributed by atoms with van der Waals surface area (Å²) >= 11 is 0. The maximum Gasteiger partial charge on any atom is 0.212 e. The monoisotopic (exact) mass is 1640 g/mol.